The molecule has 4 heterocycles. The summed E-state index contributed by atoms with van der Waals surface area (Å²) in [6.07, 6.45) is 7.34. The van der Waals surface area contributed by atoms with Crippen LogP contribution in [0.25, 0.3) is 22.6 Å². The molecule has 3 aromatic heterocycles. The van der Waals surface area contributed by atoms with Gasteiger partial charge in [0.2, 0.25) is 11.8 Å². The highest BCUT2D eigenvalue weighted by Gasteiger charge is 2.44. The van der Waals surface area contributed by atoms with Crippen LogP contribution in [0.5, 0.6) is 0 Å². The van der Waals surface area contributed by atoms with E-state index in [0.29, 0.717) is 48.2 Å². The van der Waals surface area contributed by atoms with Crippen molar-refractivity contribution >= 4 is 28.8 Å². The van der Waals surface area contributed by atoms with Crippen LogP contribution in [0, 0.1) is 18.8 Å². The molecule has 0 bridgehead atoms. The van der Waals surface area contributed by atoms with Crippen LogP contribution in [-0.2, 0) is 16.1 Å². The predicted octanol–water partition coefficient (Wildman–Crippen LogP) is 2.56. The van der Waals surface area contributed by atoms with Gasteiger partial charge < -0.3 is 20.1 Å². The second kappa shape index (κ2) is 10.0. The van der Waals surface area contributed by atoms with Gasteiger partial charge in [-0.1, -0.05) is 13.8 Å². The van der Waals surface area contributed by atoms with Crippen LogP contribution in [0.3, 0.4) is 0 Å². The summed E-state index contributed by atoms with van der Waals surface area (Å²) in [5.74, 6) is 2.34. The van der Waals surface area contributed by atoms with E-state index in [4.69, 9.17) is 4.98 Å². The van der Waals surface area contributed by atoms with Gasteiger partial charge in [-0.3, -0.25) is 9.59 Å². The van der Waals surface area contributed by atoms with E-state index in [9.17, 15) is 9.59 Å². The number of imidazole rings is 1. The predicted molar refractivity (Wildman–Crippen MR) is 139 cm³/mol. The van der Waals surface area contributed by atoms with Crippen LogP contribution in [0.4, 0.5) is 5.82 Å². The number of nitrogens with zero attached hydrogens (tertiary/aromatic N) is 7. The number of hydrogen-bond donors (Lipinski definition) is 2. The van der Waals surface area contributed by atoms with E-state index in [0.717, 1.165) is 24.2 Å². The number of aromatic nitrogens is 6. The lowest BCUT2D eigenvalue weighted by atomic mass is 10.1. The Morgan fingerprint density at radius 1 is 1.11 bits per heavy atom. The molecule has 3 aromatic rings. The molecule has 11 nitrogen and oxygen atoms in total. The number of anilines is 1. The molecule has 2 unspecified atom stereocenters. The van der Waals surface area contributed by atoms with Crippen molar-refractivity contribution in [2.24, 2.45) is 11.8 Å². The van der Waals surface area contributed by atoms with E-state index in [1.807, 2.05) is 25.3 Å². The van der Waals surface area contributed by atoms with Gasteiger partial charge in [-0.25, -0.2) is 24.9 Å². The van der Waals surface area contributed by atoms with Gasteiger partial charge in [0.05, 0.1) is 5.56 Å². The fourth-order valence-corrected chi connectivity index (χ4v) is 4.75. The summed E-state index contributed by atoms with van der Waals surface area (Å²) in [5.41, 5.74) is 2.15. The molecule has 0 aromatic carbocycles. The zero-order valence-electron chi connectivity index (χ0n) is 22.1. The third-order valence-electron chi connectivity index (χ3n) is 7.41. The lowest BCUT2D eigenvalue weighted by molar-refractivity contribution is -0.139. The maximum Gasteiger partial charge on any atom is 0.243 e. The van der Waals surface area contributed by atoms with E-state index in [1.165, 1.54) is 6.33 Å². The molecule has 11 heteroatoms. The smallest absolute Gasteiger partial charge is 0.243 e. The van der Waals surface area contributed by atoms with Gasteiger partial charge in [0.25, 0.3) is 0 Å². The van der Waals surface area contributed by atoms with E-state index in [1.54, 1.807) is 17.3 Å². The molecule has 2 N–H and O–H groups in total. The molecule has 37 heavy (non-hydrogen) atoms. The Morgan fingerprint density at radius 2 is 1.84 bits per heavy atom. The van der Waals surface area contributed by atoms with Gasteiger partial charge in [-0.05, 0) is 46.0 Å². The third-order valence-corrected chi connectivity index (χ3v) is 7.41. The van der Waals surface area contributed by atoms with Gasteiger partial charge in [-0.2, -0.15) is 0 Å². The summed E-state index contributed by atoms with van der Waals surface area (Å²) >= 11 is 0. The third kappa shape index (κ3) is 4.99. The monoisotopic (exact) mass is 505 g/mol. The van der Waals surface area contributed by atoms with Crippen molar-refractivity contribution in [2.75, 3.05) is 11.9 Å². The molecule has 1 aliphatic heterocycles. The van der Waals surface area contributed by atoms with Gasteiger partial charge in [0.15, 0.2) is 17.0 Å². The summed E-state index contributed by atoms with van der Waals surface area (Å²) in [7, 11) is 0. The topological polar surface area (TPSA) is 131 Å². The van der Waals surface area contributed by atoms with E-state index in [2.05, 4.69) is 44.4 Å². The fourth-order valence-electron chi connectivity index (χ4n) is 4.75. The first kappa shape index (κ1) is 25.0. The summed E-state index contributed by atoms with van der Waals surface area (Å²) in [5, 5.41) is 6.59. The van der Waals surface area contributed by atoms with E-state index in [-0.39, 0.29) is 29.8 Å². The van der Waals surface area contributed by atoms with Crippen molar-refractivity contribution in [1.29, 1.82) is 0 Å². The van der Waals surface area contributed by atoms with E-state index < -0.39 is 6.04 Å². The minimum absolute atomic E-state index is 0.0288. The first-order valence-corrected chi connectivity index (χ1v) is 13.1. The molecule has 0 radical (unpaired) electrons. The zero-order chi connectivity index (χ0) is 26.3. The average Bonchev–Trinajstić information content (AvgIpc) is 3.53. The van der Waals surface area contributed by atoms with Gasteiger partial charge in [0, 0.05) is 43.5 Å². The van der Waals surface area contributed by atoms with Crippen LogP contribution >= 0.6 is 0 Å². The molecular formula is C26H35N9O2. The SMILES string of the molecule is CCn1c(-c2cnc(C)nc2)nc2c(NC3C[C@H](C(=O)NC(C)C(C)C)N(C(=O)C4CC4)C3)ncnc21. The molecule has 0 spiro atoms. The Morgan fingerprint density at radius 3 is 2.49 bits per heavy atom. The molecule has 1 saturated heterocycles. The van der Waals surface area contributed by atoms with Crippen molar-refractivity contribution in [1.82, 2.24) is 39.7 Å². The Bertz CT molecular complexity index is 1300. The molecule has 196 valence electrons. The quantitative estimate of drug-likeness (QED) is 0.478. The number of carbonyl (C=O) groups is 2. The summed E-state index contributed by atoms with van der Waals surface area (Å²) in [4.78, 5) is 50.5. The first-order valence-electron chi connectivity index (χ1n) is 13.1. The number of nitrogens with one attached hydrogen (secondary N) is 2. The highest BCUT2D eigenvalue weighted by Crippen LogP contribution is 2.35. The number of amides is 2. The molecule has 5 rings (SSSR count). The minimum atomic E-state index is -0.502. The number of fused-ring (bicyclic) bond motifs is 1. The lowest BCUT2D eigenvalue weighted by Crippen LogP contribution is -2.49. The number of hydrogen-bond acceptors (Lipinski definition) is 8. The van der Waals surface area contributed by atoms with Gasteiger partial charge >= 0.3 is 0 Å². The van der Waals surface area contributed by atoms with Crippen molar-refractivity contribution < 1.29 is 9.59 Å². The minimum Gasteiger partial charge on any atom is -0.363 e. The molecule has 2 fully saturated rings. The second-order valence-corrected chi connectivity index (χ2v) is 10.5. The number of likely N-dealkylation sites (tertiary alicyclic amines) is 1. The zero-order valence-corrected chi connectivity index (χ0v) is 22.1. The number of aryl methyl sites for hydroxylation is 2. The van der Waals surface area contributed by atoms with Crippen molar-refractivity contribution in [2.45, 2.75) is 78.6 Å². The highest BCUT2D eigenvalue weighted by molar-refractivity contribution is 5.91. The fraction of sp³-hybridized carbons (Fsp3) is 0.577. The van der Waals surface area contributed by atoms with Crippen LogP contribution in [0.2, 0.25) is 0 Å². The van der Waals surface area contributed by atoms with Gasteiger partial charge in [-0.15, -0.1) is 0 Å². The average molecular weight is 506 g/mol. The molecule has 1 saturated carbocycles. The normalized spacial score (nSPS) is 20.4. The Kier molecular flexibility index (Phi) is 6.78. The largest absolute Gasteiger partial charge is 0.363 e. The Hall–Kier alpha value is -3.63. The molecule has 1 aliphatic carbocycles. The number of rotatable bonds is 8. The first-order chi connectivity index (χ1) is 17.8. The summed E-state index contributed by atoms with van der Waals surface area (Å²) in [6, 6.07) is -0.609. The van der Waals surface area contributed by atoms with Crippen molar-refractivity contribution in [3.8, 4) is 11.4 Å². The highest BCUT2D eigenvalue weighted by atomic mass is 16.2. The molecule has 2 aliphatic rings. The van der Waals surface area contributed by atoms with Crippen LogP contribution in [0.1, 0.15) is 52.8 Å². The van der Waals surface area contributed by atoms with Crippen LogP contribution in [-0.4, -0.2) is 70.9 Å². The summed E-state index contributed by atoms with van der Waals surface area (Å²) < 4.78 is 2.01. The lowest BCUT2D eigenvalue weighted by Gasteiger charge is -2.26. The Balaban J connectivity index is 1.42. The maximum atomic E-state index is 13.2. The molecular weight excluding hydrogens is 470 g/mol. The van der Waals surface area contributed by atoms with E-state index >= 15 is 0 Å². The van der Waals surface area contributed by atoms with Crippen molar-refractivity contribution in [3.63, 3.8) is 0 Å². The van der Waals surface area contributed by atoms with Gasteiger partial charge in [0.1, 0.15) is 24.0 Å². The number of carbonyl (C=O) groups excluding carboxylic acids is 2. The molecule has 3 atom stereocenters. The molecule has 2 amide bonds. The standard InChI is InChI=1S/C26H35N9O2/c1-6-34-23(18-10-27-16(5)28-11-18)33-21-22(29-13-30-24(21)34)32-19-9-20(25(36)31-15(4)14(2)3)35(12-19)26(37)17-7-8-17/h10-11,13-15,17,19-20H,6-9,12H2,1-5H3,(H,31,36)(H,29,30,32)/t15?,19?,20-/m1/s1. The Labute approximate surface area is 216 Å². The van der Waals surface area contributed by atoms with Crippen molar-refractivity contribution in [3.05, 3.63) is 24.5 Å². The maximum absolute atomic E-state index is 13.2. The van der Waals surface area contributed by atoms with Crippen LogP contribution < -0.4 is 10.6 Å². The summed E-state index contributed by atoms with van der Waals surface area (Å²) in [6.45, 7) is 11.1. The second-order valence-electron chi connectivity index (χ2n) is 10.5. The van der Waals surface area contributed by atoms with Crippen LogP contribution in [0.15, 0.2) is 18.7 Å².